The van der Waals surface area contributed by atoms with Crippen LogP contribution < -0.4 is 20.7 Å². The zero-order valence-electron chi connectivity index (χ0n) is 38.8. The second-order valence-electron chi connectivity index (χ2n) is 15.3. The van der Waals surface area contributed by atoms with E-state index in [2.05, 4.69) is 31.9 Å². The number of amides is 3. The van der Waals surface area contributed by atoms with Crippen LogP contribution in [0.5, 0.6) is 5.75 Å². The second-order valence-corrected chi connectivity index (χ2v) is 15.8. The van der Waals surface area contributed by atoms with Gasteiger partial charge in [0.2, 0.25) is 17.7 Å². The molecule has 0 fully saturated rings. The van der Waals surface area contributed by atoms with Crippen molar-refractivity contribution in [2.45, 2.75) is 123 Å². The number of ketones is 2. The second kappa shape index (κ2) is 41.9. The number of aromatic carboxylic acids is 1. The monoisotopic (exact) mass is 1000 g/mol. The number of hydrogen-bond acceptors (Lipinski definition) is 13. The molecule has 1 aromatic rings. The Kier molecular flexibility index (Phi) is 39.0. The summed E-state index contributed by atoms with van der Waals surface area (Å²) < 4.78 is 26.5. The zero-order chi connectivity index (χ0) is 49.2. The van der Waals surface area contributed by atoms with Gasteiger partial charge < -0.3 is 59.7 Å². The average molecular weight is 1010 g/mol. The standard InChI is InChI=1S/C29H45NO9.C17H29BrN2O7/c1-2-37-20-21-38-19-17-30-27(32)16-13-24(29(35)36)22-25(31)10-8-6-4-3-5-7-9-18-39-26-14-11-23(12-15-26)28(33)34;1-13(21)5-4-8-26-9-10-27-12-16(23)20-14(17(24)25)6-2-3-7-19-15(22)11-18/h11-12,14-15,24H,2-10,13,16-22H2,1H3,(H,30,32)(H,33,34)(H,35,36);14H,2-12H2,1H3,(H,19,22)(H,20,23)(H,24,25)/t24-;14-/m10/s1. The van der Waals surface area contributed by atoms with E-state index in [9.17, 15) is 43.5 Å². The molecular formula is C46H74BrN3O16. The summed E-state index contributed by atoms with van der Waals surface area (Å²) in [5.41, 5.74) is 0.234. The van der Waals surface area contributed by atoms with Crippen molar-refractivity contribution in [2.24, 2.45) is 5.92 Å². The summed E-state index contributed by atoms with van der Waals surface area (Å²) in [4.78, 5) is 91.3. The molecule has 1 aromatic carbocycles. The van der Waals surface area contributed by atoms with Crippen LogP contribution >= 0.6 is 15.9 Å². The number of halogens is 1. The fraction of sp³-hybridized carbons (Fsp3) is 0.696. The number of carboxylic acid groups (broad SMARTS) is 3. The molecule has 0 radical (unpaired) electrons. The summed E-state index contributed by atoms with van der Waals surface area (Å²) in [5.74, 6) is -4.14. The molecule has 19 nitrogen and oxygen atoms in total. The van der Waals surface area contributed by atoms with Crippen LogP contribution in [0.2, 0.25) is 0 Å². The Morgan fingerprint density at radius 3 is 1.83 bits per heavy atom. The maximum atomic E-state index is 12.3. The van der Waals surface area contributed by atoms with Crippen molar-refractivity contribution in [3.05, 3.63) is 29.8 Å². The summed E-state index contributed by atoms with van der Waals surface area (Å²) in [6, 6.07) is 5.37. The van der Waals surface area contributed by atoms with Crippen molar-refractivity contribution in [3.63, 3.8) is 0 Å². The predicted molar refractivity (Wildman–Crippen MR) is 248 cm³/mol. The lowest BCUT2D eigenvalue weighted by molar-refractivity contribution is -0.144. The number of Topliss-reactive ketones (excluding diaryl/α,β-unsaturated/α-hetero) is 2. The predicted octanol–water partition coefficient (Wildman–Crippen LogP) is 5.13. The zero-order valence-corrected chi connectivity index (χ0v) is 40.4. The summed E-state index contributed by atoms with van der Waals surface area (Å²) in [5, 5.41) is 35.5. The van der Waals surface area contributed by atoms with E-state index >= 15 is 0 Å². The Bertz CT molecular complexity index is 1530. The maximum Gasteiger partial charge on any atom is 0.335 e. The van der Waals surface area contributed by atoms with Crippen molar-refractivity contribution >= 4 is 63.1 Å². The first-order valence-corrected chi connectivity index (χ1v) is 23.9. The van der Waals surface area contributed by atoms with Crippen molar-refractivity contribution in [1.29, 1.82) is 0 Å². The van der Waals surface area contributed by atoms with E-state index in [4.69, 9.17) is 33.9 Å². The van der Waals surface area contributed by atoms with E-state index in [1.165, 1.54) is 19.1 Å². The van der Waals surface area contributed by atoms with E-state index in [1.807, 2.05) is 6.92 Å². The van der Waals surface area contributed by atoms with E-state index in [-0.39, 0.29) is 73.2 Å². The molecule has 20 heteroatoms. The van der Waals surface area contributed by atoms with Gasteiger partial charge in [-0.05, 0) is 83.1 Å². The summed E-state index contributed by atoms with van der Waals surface area (Å²) in [6.07, 6.45) is 9.83. The highest BCUT2D eigenvalue weighted by Crippen LogP contribution is 2.17. The van der Waals surface area contributed by atoms with Crippen molar-refractivity contribution in [1.82, 2.24) is 16.0 Å². The van der Waals surface area contributed by atoms with Gasteiger partial charge in [0.05, 0.1) is 56.5 Å². The molecule has 0 saturated heterocycles. The van der Waals surface area contributed by atoms with Gasteiger partial charge in [-0.3, -0.25) is 24.0 Å². The smallest absolute Gasteiger partial charge is 0.335 e. The molecule has 1 rings (SSSR count). The highest BCUT2D eigenvalue weighted by molar-refractivity contribution is 9.09. The van der Waals surface area contributed by atoms with E-state index in [0.717, 1.165) is 44.9 Å². The number of nitrogens with one attached hydrogen (secondary N) is 3. The molecule has 6 N–H and O–H groups in total. The van der Waals surface area contributed by atoms with Gasteiger partial charge in [-0.1, -0.05) is 48.0 Å². The van der Waals surface area contributed by atoms with Gasteiger partial charge >= 0.3 is 17.9 Å². The van der Waals surface area contributed by atoms with Crippen LogP contribution in [0.1, 0.15) is 127 Å². The number of carbonyl (C=O) groups is 8. The quantitative estimate of drug-likeness (QED) is 0.0366. The molecule has 376 valence electrons. The van der Waals surface area contributed by atoms with Crippen LogP contribution in [0.25, 0.3) is 0 Å². The van der Waals surface area contributed by atoms with Crippen LogP contribution in [0, 0.1) is 5.92 Å². The largest absolute Gasteiger partial charge is 0.494 e. The van der Waals surface area contributed by atoms with Crippen LogP contribution in [-0.4, -0.2) is 146 Å². The third kappa shape index (κ3) is 37.7. The third-order valence-electron chi connectivity index (χ3n) is 9.58. The van der Waals surface area contributed by atoms with Crippen molar-refractivity contribution in [2.75, 3.05) is 77.9 Å². The molecule has 0 heterocycles. The number of alkyl halides is 1. The number of unbranched alkanes of at least 4 members (excludes halogenated alkanes) is 7. The van der Waals surface area contributed by atoms with E-state index < -0.39 is 35.8 Å². The Balaban J connectivity index is 0.00000137. The minimum atomic E-state index is -1.11. The maximum absolute atomic E-state index is 12.3. The molecule has 0 aliphatic carbocycles. The molecule has 2 atom stereocenters. The van der Waals surface area contributed by atoms with Gasteiger partial charge in [0.15, 0.2) is 0 Å². The molecule has 0 saturated carbocycles. The Morgan fingerprint density at radius 2 is 1.21 bits per heavy atom. The van der Waals surface area contributed by atoms with Gasteiger partial charge in [0.25, 0.3) is 0 Å². The molecule has 0 spiro atoms. The first-order chi connectivity index (χ1) is 31.7. The van der Waals surface area contributed by atoms with E-state index in [1.54, 1.807) is 12.1 Å². The highest BCUT2D eigenvalue weighted by Gasteiger charge is 2.22. The first-order valence-electron chi connectivity index (χ1n) is 22.8. The number of hydrogen-bond donors (Lipinski definition) is 6. The number of ether oxygens (including phenoxy) is 5. The molecule has 0 unspecified atom stereocenters. The summed E-state index contributed by atoms with van der Waals surface area (Å²) in [7, 11) is 0. The molecule has 66 heavy (non-hydrogen) atoms. The molecular weight excluding hydrogens is 930 g/mol. The minimum absolute atomic E-state index is 0.0395. The SMILES string of the molecule is CC(=O)CCCOCCOCC(=O)N[C@@H](CCCCNC(=O)CBr)C(=O)O.CCOCCOCCNC(=O)CC[C@H](CC(=O)CCCCCCCCCOc1ccc(C(=O)O)cc1)C(=O)O. The van der Waals surface area contributed by atoms with Crippen LogP contribution in [0.15, 0.2) is 24.3 Å². The number of rotatable bonds is 42. The topological polar surface area (TPSA) is 279 Å². The normalized spacial score (nSPS) is 11.6. The lowest BCUT2D eigenvalue weighted by atomic mass is 9.94. The van der Waals surface area contributed by atoms with E-state index in [0.29, 0.717) is 97.2 Å². The lowest BCUT2D eigenvalue weighted by Gasteiger charge is -2.14. The van der Waals surface area contributed by atoms with Crippen LogP contribution in [-0.2, 0) is 52.5 Å². The molecule has 0 aromatic heterocycles. The van der Waals surface area contributed by atoms with Gasteiger partial charge in [0.1, 0.15) is 30.0 Å². The molecule has 3 amide bonds. The minimum Gasteiger partial charge on any atom is -0.494 e. The summed E-state index contributed by atoms with van der Waals surface area (Å²) in [6.45, 7) is 7.47. The number of aliphatic carboxylic acids is 2. The fourth-order valence-corrected chi connectivity index (χ4v) is 6.15. The third-order valence-corrected chi connectivity index (χ3v) is 10.1. The van der Waals surface area contributed by atoms with Crippen LogP contribution in [0.3, 0.4) is 0 Å². The van der Waals surface area contributed by atoms with Crippen molar-refractivity contribution in [3.8, 4) is 5.75 Å². The highest BCUT2D eigenvalue weighted by atomic mass is 79.9. The number of carboxylic acids is 3. The fourth-order valence-electron chi connectivity index (χ4n) is 5.95. The van der Waals surface area contributed by atoms with Gasteiger partial charge in [-0.2, -0.15) is 0 Å². The van der Waals surface area contributed by atoms with Crippen molar-refractivity contribution < 1.29 is 77.4 Å². The Morgan fingerprint density at radius 1 is 0.591 bits per heavy atom. The summed E-state index contributed by atoms with van der Waals surface area (Å²) >= 11 is 3.03. The first kappa shape index (κ1) is 61.5. The molecule has 0 bridgehead atoms. The van der Waals surface area contributed by atoms with Gasteiger partial charge in [-0.25, -0.2) is 9.59 Å². The Hall–Kier alpha value is -4.50. The Labute approximate surface area is 397 Å². The van der Waals surface area contributed by atoms with Crippen LogP contribution in [0.4, 0.5) is 0 Å². The average Bonchev–Trinajstić information content (AvgIpc) is 3.28. The lowest BCUT2D eigenvalue weighted by Crippen LogP contribution is -2.42. The van der Waals surface area contributed by atoms with Gasteiger partial charge in [-0.15, -0.1) is 0 Å². The molecule has 0 aliphatic heterocycles. The molecule has 0 aliphatic rings. The number of benzene rings is 1. The van der Waals surface area contributed by atoms with Gasteiger partial charge in [0, 0.05) is 52.0 Å². The number of carbonyl (C=O) groups excluding carboxylic acids is 5.